The van der Waals surface area contributed by atoms with Crippen LogP contribution in [0.3, 0.4) is 0 Å². The molecule has 3 N–H and O–H groups in total. The number of ether oxygens (including phenoxy) is 2. The fourth-order valence-corrected chi connectivity index (χ4v) is 6.87. The zero-order chi connectivity index (χ0) is 30.3. The minimum absolute atomic E-state index is 0.0195. The van der Waals surface area contributed by atoms with Crippen molar-refractivity contribution in [2.75, 3.05) is 0 Å². The Labute approximate surface area is 240 Å². The smallest absolute Gasteiger partial charge is 0.332 e. The van der Waals surface area contributed by atoms with Crippen LogP contribution < -0.4 is 11.2 Å². The summed E-state index contributed by atoms with van der Waals surface area (Å²) in [5, 5.41) is 4.13. The molecule has 0 aromatic heterocycles. The Morgan fingerprint density at radius 2 is 1.20 bits per heavy atom. The molecule has 0 aromatic rings. The summed E-state index contributed by atoms with van der Waals surface area (Å²) in [5.41, 5.74) is 7.52. The summed E-state index contributed by atoms with van der Waals surface area (Å²) in [6.45, 7) is 17.2. The Morgan fingerprint density at radius 3 is 1.60 bits per heavy atom. The number of hydrazone groups is 1. The fourth-order valence-electron chi connectivity index (χ4n) is 6.87. The van der Waals surface area contributed by atoms with E-state index in [9.17, 15) is 19.2 Å². The highest BCUT2D eigenvalue weighted by atomic mass is 16.5. The Hall–Kier alpha value is -2.45. The highest BCUT2D eigenvalue weighted by molar-refractivity contribution is 6.04. The number of amides is 2. The molecule has 2 aliphatic carbocycles. The normalized spacial score (nSPS) is 29.8. The van der Waals surface area contributed by atoms with Crippen molar-refractivity contribution in [3.8, 4) is 0 Å². The monoisotopic (exact) mass is 563 g/mol. The minimum atomic E-state index is -1.19. The zero-order valence-electron chi connectivity index (χ0n) is 26.1. The van der Waals surface area contributed by atoms with E-state index in [-0.39, 0.29) is 41.5 Å². The average Bonchev–Trinajstić information content (AvgIpc) is 2.81. The van der Waals surface area contributed by atoms with Crippen LogP contribution in [0, 0.1) is 53.3 Å². The van der Waals surface area contributed by atoms with Crippen molar-refractivity contribution in [3.63, 3.8) is 0 Å². The van der Waals surface area contributed by atoms with Gasteiger partial charge in [0.25, 0.3) is 0 Å². The molecule has 9 atom stereocenters. The number of carbonyl (C=O) groups is 4. The van der Waals surface area contributed by atoms with E-state index in [4.69, 9.17) is 15.2 Å². The number of primary amides is 1. The second kappa shape index (κ2) is 15.0. The van der Waals surface area contributed by atoms with E-state index in [2.05, 4.69) is 52.1 Å². The van der Waals surface area contributed by atoms with E-state index in [1.165, 1.54) is 13.8 Å². The molecule has 0 saturated heterocycles. The highest BCUT2D eigenvalue weighted by Gasteiger charge is 2.44. The summed E-state index contributed by atoms with van der Waals surface area (Å²) in [7, 11) is 0. The predicted octanol–water partition coefficient (Wildman–Crippen LogP) is 5.50. The van der Waals surface area contributed by atoms with Crippen molar-refractivity contribution in [1.29, 1.82) is 0 Å². The maximum absolute atomic E-state index is 13.6. The number of hydrogen-bond acceptors (Lipinski definition) is 7. The van der Waals surface area contributed by atoms with Crippen molar-refractivity contribution in [2.45, 2.75) is 113 Å². The van der Waals surface area contributed by atoms with Gasteiger partial charge in [0, 0.05) is 0 Å². The number of hydrogen-bond donors (Lipinski definition) is 2. The van der Waals surface area contributed by atoms with Gasteiger partial charge in [-0.3, -0.25) is 14.4 Å². The van der Waals surface area contributed by atoms with E-state index < -0.39 is 29.8 Å². The Balaban J connectivity index is 2.41. The molecule has 40 heavy (non-hydrogen) atoms. The number of esters is 1. The molecule has 0 spiro atoms. The SMILES string of the molecule is CC(=O)[C@@H](C(=O)O[C@@H]1C[C@H](C)CC[C@@H]1C(C)C)[C@H](C)[C@@H](C(C)=O)/C(=N\NC(N)=O)O[C@@H]1C[C@@H](C)CC[C@@H]1C(C)C. The van der Waals surface area contributed by atoms with Gasteiger partial charge in [0.05, 0.1) is 5.92 Å². The molecule has 0 aromatic carbocycles. The number of Topliss-reactive ketones (excluding diaryl/α,β-unsaturated/α-hetero) is 2. The van der Waals surface area contributed by atoms with Gasteiger partial charge in [-0.25, -0.2) is 10.2 Å². The van der Waals surface area contributed by atoms with Gasteiger partial charge in [0.1, 0.15) is 29.7 Å². The second-order valence-corrected chi connectivity index (χ2v) is 13.2. The molecule has 2 aliphatic rings. The molecule has 0 radical (unpaired) electrons. The maximum atomic E-state index is 13.6. The summed E-state index contributed by atoms with van der Waals surface area (Å²) in [6.07, 6.45) is 5.10. The first-order valence-corrected chi connectivity index (χ1v) is 15.1. The van der Waals surface area contributed by atoms with Crippen molar-refractivity contribution in [2.24, 2.45) is 64.1 Å². The molecule has 2 fully saturated rings. The third-order valence-electron chi connectivity index (χ3n) is 9.19. The van der Waals surface area contributed by atoms with Gasteiger partial charge in [-0.15, -0.1) is 5.10 Å². The number of nitrogens with two attached hydrogens (primary N) is 1. The molecular formula is C31H53N3O6. The van der Waals surface area contributed by atoms with Gasteiger partial charge in [-0.1, -0.05) is 61.3 Å². The number of ketones is 2. The quantitative estimate of drug-likeness (QED) is 0.112. The van der Waals surface area contributed by atoms with Crippen LogP contribution in [0.25, 0.3) is 0 Å². The molecule has 0 heterocycles. The molecule has 9 nitrogen and oxygen atoms in total. The molecule has 2 amide bonds. The largest absolute Gasteiger partial charge is 0.476 e. The first-order valence-electron chi connectivity index (χ1n) is 15.1. The van der Waals surface area contributed by atoms with Crippen molar-refractivity contribution < 1.29 is 28.7 Å². The van der Waals surface area contributed by atoms with Crippen LogP contribution in [0.4, 0.5) is 4.79 Å². The summed E-state index contributed by atoms with van der Waals surface area (Å²) in [6, 6.07) is -0.901. The van der Waals surface area contributed by atoms with Crippen molar-refractivity contribution in [1.82, 2.24) is 5.43 Å². The van der Waals surface area contributed by atoms with Crippen LogP contribution in [0.1, 0.15) is 101 Å². The molecule has 0 aliphatic heterocycles. The van der Waals surface area contributed by atoms with E-state index in [0.29, 0.717) is 23.7 Å². The lowest BCUT2D eigenvalue weighted by Gasteiger charge is -2.39. The van der Waals surface area contributed by atoms with Gasteiger partial charge < -0.3 is 15.2 Å². The van der Waals surface area contributed by atoms with Crippen LogP contribution >= 0.6 is 0 Å². The molecule has 9 heteroatoms. The van der Waals surface area contributed by atoms with E-state index in [1.807, 2.05) is 0 Å². The number of nitrogens with zero attached hydrogens (tertiary/aromatic N) is 1. The molecule has 228 valence electrons. The number of nitrogens with one attached hydrogen (secondary N) is 1. The van der Waals surface area contributed by atoms with Crippen molar-refractivity contribution in [3.05, 3.63) is 0 Å². The van der Waals surface area contributed by atoms with Gasteiger partial charge >= 0.3 is 12.0 Å². The molecule has 0 unspecified atom stereocenters. The molecule has 0 bridgehead atoms. The minimum Gasteiger partial charge on any atom is -0.476 e. The van der Waals surface area contributed by atoms with Crippen LogP contribution in [0.2, 0.25) is 0 Å². The maximum Gasteiger partial charge on any atom is 0.332 e. The van der Waals surface area contributed by atoms with Crippen LogP contribution in [0.5, 0.6) is 0 Å². The molecule has 2 rings (SSSR count). The lowest BCUT2D eigenvalue weighted by Crippen LogP contribution is -2.46. The summed E-state index contributed by atoms with van der Waals surface area (Å²) in [5.74, 6) is -2.44. The Morgan fingerprint density at radius 1 is 0.750 bits per heavy atom. The lowest BCUT2D eigenvalue weighted by molar-refractivity contribution is -0.165. The second-order valence-electron chi connectivity index (χ2n) is 13.2. The van der Waals surface area contributed by atoms with Crippen LogP contribution in [0.15, 0.2) is 5.10 Å². The third-order valence-corrected chi connectivity index (χ3v) is 9.19. The Kier molecular flexibility index (Phi) is 12.6. The number of urea groups is 1. The summed E-state index contributed by atoms with van der Waals surface area (Å²) >= 11 is 0. The zero-order valence-corrected chi connectivity index (χ0v) is 26.1. The fraction of sp³-hybridized carbons (Fsp3) is 0.839. The van der Waals surface area contributed by atoms with Crippen molar-refractivity contribution >= 4 is 29.5 Å². The third kappa shape index (κ3) is 9.03. The van der Waals surface area contributed by atoms with E-state index in [0.717, 1.165) is 38.5 Å². The van der Waals surface area contributed by atoms with Gasteiger partial charge in [-0.2, -0.15) is 0 Å². The standard InChI is InChI=1S/C31H53N3O6/c1-16(2)23-12-10-18(5)14-25(23)39-29(33-34-31(32)38)27(21(8)35)20(7)28(22(9)36)30(37)40-26-15-19(6)11-13-24(26)17(3)4/h16-20,23-28H,10-15H2,1-9H3,(H3,32,34,38)/b33-29+/t18-,19+,20+,23+,24+,25+,26+,27-,28-/m0/s1. The van der Waals surface area contributed by atoms with Crippen LogP contribution in [-0.2, 0) is 23.9 Å². The van der Waals surface area contributed by atoms with Crippen LogP contribution in [-0.4, -0.2) is 41.7 Å². The Bertz CT molecular complexity index is 932. The molecular weight excluding hydrogens is 510 g/mol. The number of rotatable bonds is 11. The predicted molar refractivity (Wildman–Crippen MR) is 155 cm³/mol. The van der Waals surface area contributed by atoms with Gasteiger partial charge in [0.15, 0.2) is 0 Å². The van der Waals surface area contributed by atoms with E-state index in [1.54, 1.807) is 6.92 Å². The average molecular weight is 564 g/mol. The van der Waals surface area contributed by atoms with Gasteiger partial charge in [0.2, 0.25) is 5.90 Å². The number of carbonyl (C=O) groups excluding carboxylic acids is 4. The summed E-state index contributed by atoms with van der Waals surface area (Å²) < 4.78 is 12.5. The lowest BCUT2D eigenvalue weighted by atomic mass is 9.74. The van der Waals surface area contributed by atoms with Gasteiger partial charge in [-0.05, 0) is 81.0 Å². The summed E-state index contributed by atoms with van der Waals surface area (Å²) in [4.78, 5) is 51.3. The topological polar surface area (TPSA) is 137 Å². The first kappa shape index (κ1) is 33.8. The van der Waals surface area contributed by atoms with E-state index >= 15 is 0 Å². The highest BCUT2D eigenvalue weighted by Crippen LogP contribution is 2.38. The first-order chi connectivity index (χ1) is 18.6. The molecule has 2 saturated carbocycles.